The summed E-state index contributed by atoms with van der Waals surface area (Å²) >= 11 is 0. The number of H-pyrrole nitrogens is 1. The fourth-order valence-electron chi connectivity index (χ4n) is 3.97. The minimum Gasteiger partial charge on any atom is -0.507 e. The molecule has 0 spiro atoms. The zero-order chi connectivity index (χ0) is 21.3. The van der Waals surface area contributed by atoms with E-state index in [2.05, 4.69) is 10.2 Å². The number of aromatic nitrogens is 2. The number of nitrogens with zero attached hydrogens (tertiary/aromatic N) is 2. The van der Waals surface area contributed by atoms with Gasteiger partial charge in [0, 0.05) is 24.3 Å². The largest absolute Gasteiger partial charge is 0.507 e. The van der Waals surface area contributed by atoms with Crippen molar-refractivity contribution in [2.24, 2.45) is 0 Å². The third kappa shape index (κ3) is 3.41. The van der Waals surface area contributed by atoms with Crippen LogP contribution in [0.3, 0.4) is 0 Å². The Labute approximate surface area is 174 Å². The lowest BCUT2D eigenvalue weighted by Crippen LogP contribution is -2.31. The maximum absolute atomic E-state index is 13.1. The Balaban J connectivity index is 1.84. The number of aliphatic hydroxyl groups excluding tert-OH is 1. The van der Waals surface area contributed by atoms with Gasteiger partial charge in [0.25, 0.3) is 5.91 Å². The molecular formula is C23H25N3O4. The molecule has 1 aliphatic rings. The Kier molecular flexibility index (Phi) is 5.46. The Morgan fingerprint density at radius 2 is 1.97 bits per heavy atom. The van der Waals surface area contributed by atoms with Crippen LogP contribution < -0.4 is 4.74 Å². The average Bonchev–Trinajstić information content (AvgIpc) is 3.28. The number of aromatic hydroxyl groups is 1. The van der Waals surface area contributed by atoms with Crippen molar-refractivity contribution in [2.45, 2.75) is 26.3 Å². The summed E-state index contributed by atoms with van der Waals surface area (Å²) in [6.07, 6.45) is 0.474. The van der Waals surface area contributed by atoms with Crippen molar-refractivity contribution >= 4 is 5.91 Å². The van der Waals surface area contributed by atoms with Crippen LogP contribution in [-0.4, -0.2) is 51.0 Å². The Hall–Kier alpha value is -3.32. The number of hydrogen-bond acceptors (Lipinski definition) is 5. The summed E-state index contributed by atoms with van der Waals surface area (Å²) in [5, 5.41) is 27.1. The van der Waals surface area contributed by atoms with E-state index in [-0.39, 0.29) is 24.3 Å². The van der Waals surface area contributed by atoms with E-state index in [9.17, 15) is 15.0 Å². The topological polar surface area (TPSA) is 98.7 Å². The van der Waals surface area contributed by atoms with Gasteiger partial charge in [-0.05, 0) is 50.1 Å². The third-order valence-corrected chi connectivity index (χ3v) is 5.33. The summed E-state index contributed by atoms with van der Waals surface area (Å²) in [4.78, 5) is 14.9. The maximum atomic E-state index is 13.1. The Bertz CT molecular complexity index is 1060. The number of fused-ring (bicyclic) bond motifs is 1. The van der Waals surface area contributed by atoms with Crippen molar-refractivity contribution < 1.29 is 19.7 Å². The van der Waals surface area contributed by atoms with E-state index in [0.717, 1.165) is 22.4 Å². The highest BCUT2D eigenvalue weighted by Gasteiger charge is 2.42. The Morgan fingerprint density at radius 3 is 2.67 bits per heavy atom. The van der Waals surface area contributed by atoms with Crippen LogP contribution in [0.1, 0.15) is 46.6 Å². The third-order valence-electron chi connectivity index (χ3n) is 5.33. The highest BCUT2D eigenvalue weighted by molar-refractivity contribution is 6.00. The number of hydrogen-bond donors (Lipinski definition) is 3. The fourth-order valence-corrected chi connectivity index (χ4v) is 3.97. The molecule has 0 radical (unpaired) electrons. The van der Waals surface area contributed by atoms with Crippen LogP contribution >= 0.6 is 0 Å². The van der Waals surface area contributed by atoms with E-state index in [0.29, 0.717) is 36.5 Å². The molecule has 0 saturated carbocycles. The average molecular weight is 407 g/mol. The van der Waals surface area contributed by atoms with Crippen molar-refractivity contribution in [2.75, 3.05) is 19.8 Å². The molecule has 0 aliphatic carbocycles. The molecule has 0 fully saturated rings. The van der Waals surface area contributed by atoms with Crippen molar-refractivity contribution in [3.63, 3.8) is 0 Å². The van der Waals surface area contributed by atoms with Gasteiger partial charge in [0.15, 0.2) is 0 Å². The highest BCUT2D eigenvalue weighted by atomic mass is 16.5. The van der Waals surface area contributed by atoms with Crippen molar-refractivity contribution in [3.05, 3.63) is 64.8 Å². The maximum Gasteiger partial charge on any atom is 0.273 e. The van der Waals surface area contributed by atoms with Crippen molar-refractivity contribution in [1.29, 1.82) is 0 Å². The minimum atomic E-state index is -0.372. The number of ether oxygens (including phenoxy) is 1. The number of amides is 1. The first-order valence-electron chi connectivity index (χ1n) is 10.1. The molecule has 1 atom stereocenters. The highest BCUT2D eigenvalue weighted by Crippen LogP contribution is 2.44. The molecule has 3 N–H and O–H groups in total. The van der Waals surface area contributed by atoms with Gasteiger partial charge in [-0.1, -0.05) is 23.8 Å². The number of aryl methyl sites for hydroxylation is 1. The number of carbonyl (C=O) groups is 1. The molecule has 1 aliphatic heterocycles. The fraction of sp³-hybridized carbons (Fsp3) is 0.304. The first kappa shape index (κ1) is 20.0. The number of phenols is 1. The second-order valence-corrected chi connectivity index (χ2v) is 7.36. The first-order valence-corrected chi connectivity index (χ1v) is 10.1. The van der Waals surface area contributed by atoms with Crippen LogP contribution in [0.4, 0.5) is 0 Å². The monoisotopic (exact) mass is 407 g/mol. The van der Waals surface area contributed by atoms with Crippen LogP contribution in [0.2, 0.25) is 0 Å². The SMILES string of the molecule is CCOc1ccc(C2c3c(-c4cc(C)ccc4O)n[nH]c3C(=O)N2CCCO)cc1. The van der Waals surface area contributed by atoms with Gasteiger partial charge in [-0.25, -0.2) is 0 Å². The van der Waals surface area contributed by atoms with Gasteiger partial charge >= 0.3 is 0 Å². The molecule has 1 aromatic heterocycles. The van der Waals surface area contributed by atoms with E-state index in [4.69, 9.17) is 4.74 Å². The lowest BCUT2D eigenvalue weighted by atomic mass is 9.95. The number of benzene rings is 2. The van der Waals surface area contributed by atoms with E-state index in [1.54, 1.807) is 11.0 Å². The number of aliphatic hydroxyl groups is 1. The molecule has 0 bridgehead atoms. The second-order valence-electron chi connectivity index (χ2n) is 7.36. The van der Waals surface area contributed by atoms with Gasteiger partial charge in [0.05, 0.1) is 12.6 Å². The smallest absolute Gasteiger partial charge is 0.273 e. The molecular weight excluding hydrogens is 382 g/mol. The summed E-state index contributed by atoms with van der Waals surface area (Å²) in [5.74, 6) is 0.710. The number of phenolic OH excluding ortho intramolecular Hbond substituents is 1. The molecule has 0 saturated heterocycles. The van der Waals surface area contributed by atoms with E-state index in [1.165, 1.54) is 0 Å². The zero-order valence-corrected chi connectivity index (χ0v) is 17.1. The standard InChI is InChI=1S/C23H25N3O4/c1-3-30-16-8-6-15(7-9-16)22-19-20(17-13-14(2)5-10-18(17)28)24-25-21(19)23(29)26(22)11-4-12-27/h5-10,13,22,27-28H,3-4,11-12H2,1-2H3,(H,24,25). The summed E-state index contributed by atoms with van der Waals surface area (Å²) in [6, 6.07) is 12.6. The molecule has 7 nitrogen and oxygen atoms in total. The number of carbonyl (C=O) groups excluding carboxylic acids is 1. The molecule has 156 valence electrons. The predicted octanol–water partition coefficient (Wildman–Crippen LogP) is 3.42. The lowest BCUT2D eigenvalue weighted by molar-refractivity contribution is 0.0732. The minimum absolute atomic E-state index is 0.00249. The lowest BCUT2D eigenvalue weighted by Gasteiger charge is -2.26. The van der Waals surface area contributed by atoms with Crippen LogP contribution in [0.15, 0.2) is 42.5 Å². The molecule has 1 amide bonds. The summed E-state index contributed by atoms with van der Waals surface area (Å²) in [7, 11) is 0. The number of rotatable bonds is 7. The van der Waals surface area contributed by atoms with Gasteiger partial charge in [0.1, 0.15) is 22.9 Å². The van der Waals surface area contributed by atoms with E-state index in [1.807, 2.05) is 50.2 Å². The first-order chi connectivity index (χ1) is 14.5. The van der Waals surface area contributed by atoms with Crippen LogP contribution in [0, 0.1) is 6.92 Å². The normalized spacial score (nSPS) is 15.5. The van der Waals surface area contributed by atoms with Crippen LogP contribution in [0.5, 0.6) is 11.5 Å². The second kappa shape index (κ2) is 8.20. The van der Waals surface area contributed by atoms with Gasteiger partial charge in [-0.15, -0.1) is 0 Å². The molecule has 2 heterocycles. The van der Waals surface area contributed by atoms with Crippen molar-refractivity contribution in [3.8, 4) is 22.8 Å². The van der Waals surface area contributed by atoms with Crippen LogP contribution in [-0.2, 0) is 0 Å². The van der Waals surface area contributed by atoms with E-state index < -0.39 is 0 Å². The number of nitrogens with one attached hydrogen (secondary N) is 1. The van der Waals surface area contributed by atoms with Gasteiger partial charge in [0.2, 0.25) is 0 Å². The van der Waals surface area contributed by atoms with Crippen molar-refractivity contribution in [1.82, 2.24) is 15.1 Å². The number of aromatic amines is 1. The van der Waals surface area contributed by atoms with E-state index >= 15 is 0 Å². The summed E-state index contributed by atoms with van der Waals surface area (Å²) < 4.78 is 5.55. The Morgan fingerprint density at radius 1 is 1.20 bits per heavy atom. The van der Waals surface area contributed by atoms with Crippen LogP contribution in [0.25, 0.3) is 11.3 Å². The summed E-state index contributed by atoms with van der Waals surface area (Å²) in [6.45, 7) is 4.86. The molecule has 30 heavy (non-hydrogen) atoms. The van der Waals surface area contributed by atoms with Gasteiger partial charge in [-0.2, -0.15) is 5.10 Å². The predicted molar refractivity (Wildman–Crippen MR) is 113 cm³/mol. The molecule has 1 unspecified atom stereocenters. The molecule has 7 heteroatoms. The molecule has 3 aromatic rings. The van der Waals surface area contributed by atoms with Gasteiger partial charge in [-0.3, -0.25) is 9.89 Å². The summed E-state index contributed by atoms with van der Waals surface area (Å²) in [5.41, 5.74) is 4.20. The molecule has 4 rings (SSSR count). The quantitative estimate of drug-likeness (QED) is 0.557. The van der Waals surface area contributed by atoms with Gasteiger partial charge < -0.3 is 19.8 Å². The zero-order valence-electron chi connectivity index (χ0n) is 17.1. The molecule has 2 aromatic carbocycles.